The normalized spacial score (nSPS) is 12.4. The number of fused-ring (bicyclic) bond motifs is 1. The van der Waals surface area contributed by atoms with E-state index in [-0.39, 0.29) is 48.7 Å². The fourth-order valence-electron chi connectivity index (χ4n) is 6.21. The fraction of sp³-hybridized carbons (Fsp3) is 0.0312. The molecule has 0 radical (unpaired) electrons. The standard InChI is InChI=1S/C32H24N12O6S4/c33-52(45,46)26-7-1-4-21(28(26)30-36-40-41-37-30)20-13-15-51-25(20)16-18-9-11-19(12-10-18)54(49,50)44-17-24(23-6-3-14-35-32(23)44)22-5-2-8-27(53(34,47)48)29(22)31-38-42-43-39-31/h1-15,17H,16H2,(H2,33,45,46)(H2,34,47,48)(H,36,37,40,41)(H,38,39,42,43). The number of aromatic nitrogens is 10. The van der Waals surface area contributed by atoms with Gasteiger partial charge in [-0.1, -0.05) is 36.4 Å². The number of sulfonamides is 2. The van der Waals surface area contributed by atoms with Crippen LogP contribution in [0.5, 0.6) is 0 Å². The van der Waals surface area contributed by atoms with Crippen LogP contribution in [0, 0.1) is 0 Å². The summed E-state index contributed by atoms with van der Waals surface area (Å²) in [6, 6.07) is 20.5. The van der Waals surface area contributed by atoms with Crippen LogP contribution in [0.4, 0.5) is 0 Å². The molecule has 0 fully saturated rings. The number of aromatic amines is 2. The van der Waals surface area contributed by atoms with Crippen LogP contribution in [0.2, 0.25) is 0 Å². The maximum absolute atomic E-state index is 14.3. The highest BCUT2D eigenvalue weighted by Gasteiger charge is 2.28. The van der Waals surface area contributed by atoms with Crippen LogP contribution in [-0.4, -0.2) is 75.5 Å². The molecule has 22 heteroatoms. The molecule has 0 amide bonds. The third kappa shape index (κ3) is 6.14. The summed E-state index contributed by atoms with van der Waals surface area (Å²) in [5.41, 5.74) is 2.95. The SMILES string of the molecule is NS(=O)(=O)c1cccc(-c2ccsc2Cc2ccc(S(=O)(=O)n3cc(-c4cccc(S(N)(=O)=O)c4-c4nn[nH]n4)c4cccnc43)cc2)c1-c1nn[nH]n1. The summed E-state index contributed by atoms with van der Waals surface area (Å²) in [6.45, 7) is 0. The minimum absolute atomic E-state index is 0.0344. The van der Waals surface area contributed by atoms with Crippen molar-refractivity contribution in [2.24, 2.45) is 10.3 Å². The Balaban J connectivity index is 1.17. The molecule has 0 aliphatic carbocycles. The molecule has 0 aliphatic heterocycles. The highest BCUT2D eigenvalue weighted by molar-refractivity contribution is 7.90. The first-order chi connectivity index (χ1) is 25.8. The summed E-state index contributed by atoms with van der Waals surface area (Å²) in [4.78, 5) is 4.75. The van der Waals surface area contributed by atoms with E-state index in [1.807, 2.05) is 11.4 Å². The second kappa shape index (κ2) is 13.1. The third-order valence-electron chi connectivity index (χ3n) is 8.51. The lowest BCUT2D eigenvalue weighted by Gasteiger charge is -2.12. The topological polar surface area (TPSA) is 281 Å². The molecule has 0 saturated heterocycles. The molecule has 0 spiro atoms. The fourth-order valence-corrected chi connectivity index (χ4v) is 9.96. The molecule has 272 valence electrons. The summed E-state index contributed by atoms with van der Waals surface area (Å²) < 4.78 is 79.8. The molecule has 0 atom stereocenters. The molecule has 0 aliphatic rings. The van der Waals surface area contributed by atoms with Gasteiger partial charge in [-0.05, 0) is 80.5 Å². The van der Waals surface area contributed by atoms with Gasteiger partial charge in [0, 0.05) is 34.6 Å². The summed E-state index contributed by atoms with van der Waals surface area (Å²) in [5.74, 6) is -0.00501. The first kappa shape index (κ1) is 35.0. The van der Waals surface area contributed by atoms with Gasteiger partial charge in [-0.25, -0.2) is 44.5 Å². The number of H-pyrrole nitrogens is 2. The van der Waals surface area contributed by atoms with Crippen molar-refractivity contribution in [3.05, 3.63) is 107 Å². The minimum atomic E-state index is -4.27. The number of thiophene rings is 1. The largest absolute Gasteiger partial charge is 0.269 e. The van der Waals surface area contributed by atoms with Gasteiger partial charge in [0.25, 0.3) is 10.0 Å². The van der Waals surface area contributed by atoms with Crippen molar-refractivity contribution in [1.29, 1.82) is 0 Å². The number of nitrogens with zero attached hydrogens (tertiary/aromatic N) is 8. The molecule has 3 aromatic carbocycles. The molecular formula is C32H24N12O6S4. The molecule has 5 heterocycles. The Labute approximate surface area is 310 Å². The van der Waals surface area contributed by atoms with Crippen LogP contribution >= 0.6 is 11.3 Å². The summed E-state index contributed by atoms with van der Waals surface area (Å²) in [6.07, 6.45) is 3.18. The first-order valence-corrected chi connectivity index (χ1v) is 20.9. The lowest BCUT2D eigenvalue weighted by atomic mass is 9.97. The van der Waals surface area contributed by atoms with E-state index in [2.05, 4.69) is 46.2 Å². The van der Waals surface area contributed by atoms with Gasteiger partial charge in [-0.3, -0.25) is 0 Å². The lowest BCUT2D eigenvalue weighted by Crippen LogP contribution is -2.14. The highest BCUT2D eigenvalue weighted by Crippen LogP contribution is 2.41. The van der Waals surface area contributed by atoms with Crippen LogP contribution < -0.4 is 10.3 Å². The van der Waals surface area contributed by atoms with Crippen molar-refractivity contribution < 1.29 is 25.3 Å². The van der Waals surface area contributed by atoms with Crippen LogP contribution in [0.3, 0.4) is 0 Å². The minimum Gasteiger partial charge on any atom is -0.237 e. The van der Waals surface area contributed by atoms with Crippen molar-refractivity contribution in [3.63, 3.8) is 0 Å². The maximum Gasteiger partial charge on any atom is 0.269 e. The Morgan fingerprint density at radius 3 is 1.81 bits per heavy atom. The maximum atomic E-state index is 14.3. The number of rotatable bonds is 10. The van der Waals surface area contributed by atoms with Crippen LogP contribution in [0.1, 0.15) is 10.4 Å². The Kier molecular flexibility index (Phi) is 8.51. The van der Waals surface area contributed by atoms with Gasteiger partial charge >= 0.3 is 0 Å². The zero-order valence-corrected chi connectivity index (χ0v) is 30.5. The third-order valence-corrected chi connectivity index (χ3v) is 13.0. The Bertz CT molecular complexity index is 3040. The van der Waals surface area contributed by atoms with Crippen molar-refractivity contribution in [2.45, 2.75) is 21.1 Å². The van der Waals surface area contributed by atoms with Gasteiger partial charge in [-0.15, -0.1) is 31.7 Å². The monoisotopic (exact) mass is 800 g/mol. The van der Waals surface area contributed by atoms with Crippen LogP contribution in [0.25, 0.3) is 56.1 Å². The van der Waals surface area contributed by atoms with Gasteiger partial charge < -0.3 is 0 Å². The quantitative estimate of drug-likeness (QED) is 0.155. The van der Waals surface area contributed by atoms with E-state index < -0.39 is 30.1 Å². The second-order valence-corrected chi connectivity index (χ2v) is 17.6. The molecule has 18 nitrogen and oxygen atoms in total. The molecular weight excluding hydrogens is 777 g/mol. The summed E-state index contributed by atoms with van der Waals surface area (Å²) in [5, 5.41) is 41.1. The number of nitrogens with two attached hydrogens (primary N) is 2. The van der Waals surface area contributed by atoms with Crippen LogP contribution in [0.15, 0.2) is 111 Å². The van der Waals surface area contributed by atoms with Crippen molar-refractivity contribution >= 4 is 52.4 Å². The zero-order valence-electron chi connectivity index (χ0n) is 27.3. The van der Waals surface area contributed by atoms with Crippen molar-refractivity contribution in [2.75, 3.05) is 0 Å². The second-order valence-electron chi connectivity index (χ2n) is 11.7. The van der Waals surface area contributed by atoms with Crippen LogP contribution in [-0.2, 0) is 36.5 Å². The van der Waals surface area contributed by atoms with E-state index in [0.29, 0.717) is 28.5 Å². The molecule has 0 saturated carbocycles. The predicted molar refractivity (Wildman–Crippen MR) is 196 cm³/mol. The van der Waals surface area contributed by atoms with Gasteiger partial charge in [0.2, 0.25) is 31.7 Å². The molecule has 54 heavy (non-hydrogen) atoms. The number of nitrogens with one attached hydrogen (secondary N) is 2. The molecule has 0 bridgehead atoms. The highest BCUT2D eigenvalue weighted by atomic mass is 32.2. The first-order valence-electron chi connectivity index (χ1n) is 15.5. The zero-order chi connectivity index (χ0) is 37.8. The summed E-state index contributed by atoms with van der Waals surface area (Å²) in [7, 11) is -12.7. The average molecular weight is 801 g/mol. The smallest absolute Gasteiger partial charge is 0.237 e. The van der Waals surface area contributed by atoms with Crippen molar-refractivity contribution in [1.82, 2.24) is 50.2 Å². The molecule has 6 N–H and O–H groups in total. The Morgan fingerprint density at radius 1 is 0.667 bits per heavy atom. The molecule has 8 aromatic rings. The average Bonchev–Trinajstić information content (AvgIpc) is 3.98. The van der Waals surface area contributed by atoms with Gasteiger partial charge in [0.1, 0.15) is 0 Å². The molecule has 0 unspecified atom stereocenters. The number of hydrogen-bond donors (Lipinski definition) is 4. The number of tetrazole rings is 2. The van der Waals surface area contributed by atoms with Crippen molar-refractivity contribution in [3.8, 4) is 45.0 Å². The Morgan fingerprint density at radius 2 is 1.26 bits per heavy atom. The number of benzene rings is 3. The van der Waals surface area contributed by atoms with E-state index in [1.54, 1.807) is 42.5 Å². The van der Waals surface area contributed by atoms with E-state index >= 15 is 0 Å². The summed E-state index contributed by atoms with van der Waals surface area (Å²) >= 11 is 1.43. The van der Waals surface area contributed by atoms with E-state index in [9.17, 15) is 25.3 Å². The van der Waals surface area contributed by atoms with E-state index in [0.717, 1.165) is 14.4 Å². The predicted octanol–water partition coefficient (Wildman–Crippen LogP) is 2.91. The Hall–Kier alpha value is -6.04. The molecule has 8 rings (SSSR count). The van der Waals surface area contributed by atoms with E-state index in [1.165, 1.54) is 54.1 Å². The number of primary sulfonamides is 2. The number of hydrogen-bond acceptors (Lipinski definition) is 14. The van der Waals surface area contributed by atoms with Gasteiger partial charge in [-0.2, -0.15) is 10.4 Å². The van der Waals surface area contributed by atoms with Gasteiger partial charge in [0.15, 0.2) is 5.65 Å². The van der Waals surface area contributed by atoms with E-state index in [4.69, 9.17) is 10.3 Å². The lowest BCUT2D eigenvalue weighted by molar-refractivity contribution is 0.588. The van der Waals surface area contributed by atoms with Gasteiger partial charge in [0.05, 0.1) is 25.8 Å². The molecule has 5 aromatic heterocycles. The number of pyridine rings is 1.